The summed E-state index contributed by atoms with van der Waals surface area (Å²) in [6, 6.07) is 9.33. The maximum atomic E-state index is 11.7. The monoisotopic (exact) mass is 289 g/mol. The molecule has 7 heteroatoms. The summed E-state index contributed by atoms with van der Waals surface area (Å²) in [5.74, 6) is -0.0619. The molecule has 0 saturated heterocycles. The lowest BCUT2D eigenvalue weighted by atomic mass is 10.1. The van der Waals surface area contributed by atoms with E-state index in [0.717, 1.165) is 12.0 Å². The first-order valence-corrected chi connectivity index (χ1v) is 6.36. The Bertz CT molecular complexity index is 629. The van der Waals surface area contributed by atoms with Crippen molar-refractivity contribution in [3.63, 3.8) is 0 Å². The molecule has 0 aliphatic rings. The van der Waals surface area contributed by atoms with Crippen molar-refractivity contribution < 1.29 is 4.79 Å². The van der Waals surface area contributed by atoms with Crippen molar-refractivity contribution in [1.82, 2.24) is 20.1 Å². The van der Waals surface area contributed by atoms with E-state index in [1.165, 1.54) is 10.9 Å². The van der Waals surface area contributed by atoms with E-state index >= 15 is 0 Å². The summed E-state index contributed by atoms with van der Waals surface area (Å²) in [5, 5.41) is 19.4. The van der Waals surface area contributed by atoms with Crippen molar-refractivity contribution in [3.8, 4) is 6.07 Å². The maximum Gasteiger partial charge on any atom is 0.240 e. The molecule has 0 radical (unpaired) electrons. The van der Waals surface area contributed by atoms with Crippen LogP contribution < -0.4 is 5.32 Å². The summed E-state index contributed by atoms with van der Waals surface area (Å²) in [7, 11) is 0. The molecule has 1 aromatic carbocycles. The molecule has 102 valence electrons. The van der Waals surface area contributed by atoms with Crippen LogP contribution in [0.1, 0.15) is 11.4 Å². The molecule has 2 aromatic rings. The van der Waals surface area contributed by atoms with E-state index in [9.17, 15) is 4.79 Å². The molecule has 6 nitrogen and oxygen atoms in total. The molecule has 0 unspecified atom stereocenters. The van der Waals surface area contributed by atoms with E-state index in [2.05, 4.69) is 15.5 Å². The summed E-state index contributed by atoms with van der Waals surface area (Å²) in [5.41, 5.74) is 1.09. The molecular weight excluding hydrogens is 278 g/mol. The van der Waals surface area contributed by atoms with Crippen LogP contribution in [0.2, 0.25) is 5.02 Å². The summed E-state index contributed by atoms with van der Waals surface area (Å²) in [6.45, 7) is 0.557. The van der Waals surface area contributed by atoms with Crippen LogP contribution >= 0.6 is 11.6 Å². The zero-order valence-corrected chi connectivity index (χ0v) is 11.3. The smallest absolute Gasteiger partial charge is 0.240 e. The van der Waals surface area contributed by atoms with Gasteiger partial charge in [-0.25, -0.2) is 0 Å². The number of amides is 1. The second-order valence-corrected chi connectivity index (χ2v) is 4.56. The Kier molecular flexibility index (Phi) is 4.69. The predicted octanol–water partition coefficient (Wildman–Crippen LogP) is 1.16. The molecule has 1 N–H and O–H groups in total. The van der Waals surface area contributed by atoms with E-state index in [-0.39, 0.29) is 18.3 Å². The van der Waals surface area contributed by atoms with Gasteiger partial charge in [0, 0.05) is 11.6 Å². The van der Waals surface area contributed by atoms with Gasteiger partial charge < -0.3 is 5.32 Å². The fourth-order valence-electron chi connectivity index (χ4n) is 1.67. The van der Waals surface area contributed by atoms with E-state index < -0.39 is 0 Å². The standard InChI is InChI=1S/C13H12ClN5O/c14-11-3-1-10(2-4-11)5-6-16-13(20)8-19-9-17-18-12(19)7-15/h1-4,9H,5-6,8H2,(H,16,20). The number of hydrogen-bond donors (Lipinski definition) is 1. The fourth-order valence-corrected chi connectivity index (χ4v) is 1.79. The molecule has 0 saturated carbocycles. The number of nitrogens with zero attached hydrogens (tertiary/aromatic N) is 4. The highest BCUT2D eigenvalue weighted by Gasteiger charge is 2.07. The van der Waals surface area contributed by atoms with Gasteiger partial charge in [0.05, 0.1) is 0 Å². The number of aromatic nitrogens is 3. The maximum absolute atomic E-state index is 11.7. The Hall–Kier alpha value is -2.39. The molecule has 0 atom stereocenters. The Morgan fingerprint density at radius 2 is 2.15 bits per heavy atom. The second-order valence-electron chi connectivity index (χ2n) is 4.12. The summed E-state index contributed by atoms with van der Waals surface area (Å²) >= 11 is 5.79. The minimum absolute atomic E-state index is 0.0382. The van der Waals surface area contributed by atoms with Gasteiger partial charge in [0.15, 0.2) is 0 Å². The van der Waals surface area contributed by atoms with Crippen LogP contribution in [0.3, 0.4) is 0 Å². The quantitative estimate of drug-likeness (QED) is 0.895. The summed E-state index contributed by atoms with van der Waals surface area (Å²) in [4.78, 5) is 11.7. The molecule has 0 aliphatic carbocycles. The van der Waals surface area contributed by atoms with Gasteiger partial charge in [0.1, 0.15) is 18.9 Å². The molecule has 1 heterocycles. The second kappa shape index (κ2) is 6.68. The first kappa shape index (κ1) is 14.0. The number of nitriles is 1. The lowest BCUT2D eigenvalue weighted by molar-refractivity contribution is -0.121. The van der Waals surface area contributed by atoms with Crippen LogP contribution in [-0.2, 0) is 17.8 Å². The number of carbonyl (C=O) groups is 1. The van der Waals surface area contributed by atoms with Gasteiger partial charge in [0.2, 0.25) is 11.7 Å². The van der Waals surface area contributed by atoms with Gasteiger partial charge >= 0.3 is 0 Å². The van der Waals surface area contributed by atoms with Gasteiger partial charge in [-0.3, -0.25) is 9.36 Å². The average molecular weight is 290 g/mol. The fraction of sp³-hybridized carbons (Fsp3) is 0.231. The van der Waals surface area contributed by atoms with Crippen LogP contribution in [0.15, 0.2) is 30.6 Å². The van der Waals surface area contributed by atoms with Crippen molar-refractivity contribution in [2.75, 3.05) is 6.54 Å². The van der Waals surface area contributed by atoms with Gasteiger partial charge in [-0.15, -0.1) is 10.2 Å². The van der Waals surface area contributed by atoms with E-state index in [1.807, 2.05) is 30.3 Å². The molecule has 0 fully saturated rings. The van der Waals surface area contributed by atoms with Gasteiger partial charge in [-0.05, 0) is 24.1 Å². The highest BCUT2D eigenvalue weighted by atomic mass is 35.5. The lowest BCUT2D eigenvalue weighted by Gasteiger charge is -2.06. The minimum Gasteiger partial charge on any atom is -0.354 e. The molecule has 0 spiro atoms. The first-order valence-electron chi connectivity index (χ1n) is 5.98. The molecule has 1 amide bonds. The van der Waals surface area contributed by atoms with Crippen LogP contribution in [0.25, 0.3) is 0 Å². The van der Waals surface area contributed by atoms with Crippen LogP contribution in [0, 0.1) is 11.3 Å². The largest absolute Gasteiger partial charge is 0.354 e. The van der Waals surface area contributed by atoms with Crippen molar-refractivity contribution in [2.45, 2.75) is 13.0 Å². The van der Waals surface area contributed by atoms with Crippen molar-refractivity contribution in [1.29, 1.82) is 5.26 Å². The highest BCUT2D eigenvalue weighted by Crippen LogP contribution is 2.09. The first-order chi connectivity index (χ1) is 9.69. The van der Waals surface area contributed by atoms with Crippen molar-refractivity contribution in [2.24, 2.45) is 0 Å². The molecular formula is C13H12ClN5O. The van der Waals surface area contributed by atoms with Crippen LogP contribution in [-0.4, -0.2) is 27.2 Å². The average Bonchev–Trinajstić information content (AvgIpc) is 2.88. The highest BCUT2D eigenvalue weighted by molar-refractivity contribution is 6.30. The molecule has 1 aromatic heterocycles. The van der Waals surface area contributed by atoms with Crippen LogP contribution in [0.5, 0.6) is 0 Å². The normalized spacial score (nSPS) is 10.0. The SMILES string of the molecule is N#Cc1nncn1CC(=O)NCCc1ccc(Cl)cc1. The van der Waals surface area contributed by atoms with Crippen LogP contribution in [0.4, 0.5) is 0 Å². The Morgan fingerprint density at radius 3 is 2.85 bits per heavy atom. The number of nitrogens with one attached hydrogen (secondary N) is 1. The lowest BCUT2D eigenvalue weighted by Crippen LogP contribution is -2.29. The van der Waals surface area contributed by atoms with Gasteiger partial charge in [-0.2, -0.15) is 5.26 Å². The third-order valence-electron chi connectivity index (χ3n) is 2.68. The Balaban J connectivity index is 1.78. The predicted molar refractivity (Wildman–Crippen MR) is 72.9 cm³/mol. The van der Waals surface area contributed by atoms with E-state index in [4.69, 9.17) is 16.9 Å². The van der Waals surface area contributed by atoms with Crippen molar-refractivity contribution >= 4 is 17.5 Å². The molecule has 0 aliphatic heterocycles. The van der Waals surface area contributed by atoms with Crippen molar-refractivity contribution in [3.05, 3.63) is 47.0 Å². The van der Waals surface area contributed by atoms with Gasteiger partial charge in [0.25, 0.3) is 0 Å². The number of benzene rings is 1. The zero-order valence-electron chi connectivity index (χ0n) is 10.6. The number of carbonyl (C=O) groups excluding carboxylic acids is 1. The Morgan fingerprint density at radius 1 is 1.40 bits per heavy atom. The molecule has 2 rings (SSSR count). The number of halogens is 1. The minimum atomic E-state index is -0.185. The third kappa shape index (κ3) is 3.80. The van der Waals surface area contributed by atoms with E-state index in [1.54, 1.807) is 0 Å². The Labute approximate surface area is 121 Å². The zero-order chi connectivity index (χ0) is 14.4. The number of rotatable bonds is 5. The molecule has 20 heavy (non-hydrogen) atoms. The summed E-state index contributed by atoms with van der Waals surface area (Å²) < 4.78 is 1.40. The topological polar surface area (TPSA) is 83.6 Å². The summed E-state index contributed by atoms with van der Waals surface area (Å²) in [6.07, 6.45) is 2.08. The number of hydrogen-bond acceptors (Lipinski definition) is 4. The molecule has 0 bridgehead atoms. The van der Waals surface area contributed by atoms with E-state index in [0.29, 0.717) is 11.6 Å². The third-order valence-corrected chi connectivity index (χ3v) is 2.93. The van der Waals surface area contributed by atoms with Gasteiger partial charge in [-0.1, -0.05) is 23.7 Å².